The first-order valence-corrected chi connectivity index (χ1v) is 6.28. The fourth-order valence-corrected chi connectivity index (χ4v) is 1.88. The summed E-state index contributed by atoms with van der Waals surface area (Å²) >= 11 is 1.71. The first kappa shape index (κ1) is 11.2. The molecular weight excluding hydrogens is 220 g/mol. The van der Waals surface area contributed by atoms with Crippen molar-refractivity contribution in [1.82, 2.24) is 4.98 Å². The van der Waals surface area contributed by atoms with Gasteiger partial charge in [0.1, 0.15) is 5.76 Å². The molecule has 0 radical (unpaired) electrons. The number of aryl methyl sites for hydroxylation is 1. The fourth-order valence-electron chi connectivity index (χ4n) is 1.47. The number of rotatable bonds is 3. The maximum absolute atomic E-state index is 5.57. The van der Waals surface area contributed by atoms with E-state index >= 15 is 0 Å². The quantitative estimate of drug-likeness (QED) is 0.830. The minimum Gasteiger partial charge on any atom is -0.441 e. The Kier molecular flexibility index (Phi) is 3.31. The third-order valence-corrected chi connectivity index (χ3v) is 3.17. The Labute approximate surface area is 99.1 Å². The summed E-state index contributed by atoms with van der Waals surface area (Å²) in [5.41, 5.74) is 7.37. The average molecular weight is 234 g/mol. The van der Waals surface area contributed by atoms with Gasteiger partial charge in [-0.1, -0.05) is 0 Å². The topological polar surface area (TPSA) is 52.0 Å². The zero-order chi connectivity index (χ0) is 11.5. The van der Waals surface area contributed by atoms with Crippen LogP contribution in [0.1, 0.15) is 11.5 Å². The lowest BCUT2D eigenvalue weighted by atomic mass is 10.2. The smallest absolute Gasteiger partial charge is 0.226 e. The standard InChI is InChI=1S/C12H14N2OS/c1-8-11(7-13)14-12(15-8)9-3-5-10(16-2)6-4-9/h3-6H,7,13H2,1-2H3. The van der Waals surface area contributed by atoms with Gasteiger partial charge in [-0.3, -0.25) is 0 Å². The second-order valence-electron chi connectivity index (χ2n) is 3.45. The maximum atomic E-state index is 5.57. The van der Waals surface area contributed by atoms with Crippen LogP contribution in [0.2, 0.25) is 0 Å². The van der Waals surface area contributed by atoms with Crippen molar-refractivity contribution >= 4 is 11.8 Å². The van der Waals surface area contributed by atoms with Gasteiger partial charge in [0.2, 0.25) is 5.89 Å². The van der Waals surface area contributed by atoms with Gasteiger partial charge in [-0.25, -0.2) is 4.98 Å². The van der Waals surface area contributed by atoms with Gasteiger partial charge in [0.05, 0.1) is 5.69 Å². The van der Waals surface area contributed by atoms with Crippen LogP contribution in [0, 0.1) is 6.92 Å². The molecule has 0 aliphatic rings. The third-order valence-electron chi connectivity index (χ3n) is 2.42. The summed E-state index contributed by atoms with van der Waals surface area (Å²) in [7, 11) is 0. The summed E-state index contributed by atoms with van der Waals surface area (Å²) in [4.78, 5) is 5.58. The Morgan fingerprint density at radius 3 is 2.50 bits per heavy atom. The van der Waals surface area contributed by atoms with E-state index in [0.29, 0.717) is 12.4 Å². The van der Waals surface area contributed by atoms with Crippen LogP contribution in [-0.4, -0.2) is 11.2 Å². The molecule has 84 valence electrons. The lowest BCUT2D eigenvalue weighted by Gasteiger charge is -1.97. The Bertz CT molecular complexity index is 476. The molecule has 0 saturated carbocycles. The van der Waals surface area contributed by atoms with E-state index in [9.17, 15) is 0 Å². The number of thioether (sulfide) groups is 1. The number of hydrogen-bond acceptors (Lipinski definition) is 4. The minimum absolute atomic E-state index is 0.415. The molecule has 0 amide bonds. The summed E-state index contributed by atoms with van der Waals surface area (Å²) in [6.45, 7) is 2.30. The van der Waals surface area contributed by atoms with Gasteiger partial charge in [-0.2, -0.15) is 0 Å². The Morgan fingerprint density at radius 1 is 1.31 bits per heavy atom. The van der Waals surface area contributed by atoms with Crippen LogP contribution in [0.5, 0.6) is 0 Å². The molecule has 0 saturated heterocycles. The van der Waals surface area contributed by atoms with E-state index in [1.807, 2.05) is 19.1 Å². The van der Waals surface area contributed by atoms with Crippen LogP contribution in [0.15, 0.2) is 33.6 Å². The van der Waals surface area contributed by atoms with Crippen LogP contribution in [-0.2, 0) is 6.54 Å². The Morgan fingerprint density at radius 2 is 2.00 bits per heavy atom. The van der Waals surface area contributed by atoms with Gasteiger partial charge in [0.15, 0.2) is 0 Å². The second kappa shape index (κ2) is 4.72. The first-order valence-electron chi connectivity index (χ1n) is 5.05. The molecule has 4 heteroatoms. The number of nitrogens with zero attached hydrogens (tertiary/aromatic N) is 1. The van der Waals surface area contributed by atoms with E-state index in [-0.39, 0.29) is 0 Å². The zero-order valence-electron chi connectivity index (χ0n) is 9.36. The molecule has 0 aliphatic carbocycles. The summed E-state index contributed by atoms with van der Waals surface area (Å²) in [5.74, 6) is 1.44. The Hall–Kier alpha value is -1.26. The maximum Gasteiger partial charge on any atom is 0.226 e. The molecule has 1 aromatic heterocycles. The summed E-state index contributed by atoms with van der Waals surface area (Å²) < 4.78 is 5.57. The minimum atomic E-state index is 0.415. The fraction of sp³-hybridized carbons (Fsp3) is 0.250. The van der Waals surface area contributed by atoms with E-state index in [1.54, 1.807) is 11.8 Å². The van der Waals surface area contributed by atoms with Crippen LogP contribution in [0.3, 0.4) is 0 Å². The molecule has 3 nitrogen and oxygen atoms in total. The van der Waals surface area contributed by atoms with Crippen molar-refractivity contribution < 1.29 is 4.42 Å². The van der Waals surface area contributed by atoms with E-state index < -0.39 is 0 Å². The van der Waals surface area contributed by atoms with Crippen LogP contribution < -0.4 is 5.73 Å². The highest BCUT2D eigenvalue weighted by Crippen LogP contribution is 2.24. The van der Waals surface area contributed by atoms with Gasteiger partial charge in [-0.15, -0.1) is 11.8 Å². The average Bonchev–Trinajstić information content (AvgIpc) is 2.71. The molecule has 2 rings (SSSR count). The number of aromatic nitrogens is 1. The SMILES string of the molecule is CSc1ccc(-c2nc(CN)c(C)o2)cc1. The molecule has 16 heavy (non-hydrogen) atoms. The summed E-state index contributed by atoms with van der Waals surface area (Å²) in [6.07, 6.45) is 2.05. The van der Waals surface area contributed by atoms with E-state index in [2.05, 4.69) is 23.4 Å². The molecule has 0 fully saturated rings. The van der Waals surface area contributed by atoms with E-state index in [1.165, 1.54) is 4.90 Å². The first-order chi connectivity index (χ1) is 7.74. The number of oxazole rings is 1. The largest absolute Gasteiger partial charge is 0.441 e. The van der Waals surface area contributed by atoms with E-state index in [0.717, 1.165) is 17.0 Å². The van der Waals surface area contributed by atoms with Gasteiger partial charge in [-0.05, 0) is 37.4 Å². The molecule has 0 aliphatic heterocycles. The molecule has 1 aromatic carbocycles. The van der Waals surface area contributed by atoms with Crippen LogP contribution in [0.4, 0.5) is 0 Å². The van der Waals surface area contributed by atoms with Crippen molar-refractivity contribution in [3.8, 4) is 11.5 Å². The summed E-state index contributed by atoms with van der Waals surface area (Å²) in [6, 6.07) is 8.14. The van der Waals surface area contributed by atoms with Gasteiger partial charge >= 0.3 is 0 Å². The molecule has 0 unspecified atom stereocenters. The van der Waals surface area contributed by atoms with Gasteiger partial charge in [0.25, 0.3) is 0 Å². The molecule has 0 bridgehead atoms. The highest BCUT2D eigenvalue weighted by molar-refractivity contribution is 7.98. The van der Waals surface area contributed by atoms with Crippen molar-refractivity contribution in [3.63, 3.8) is 0 Å². The monoisotopic (exact) mass is 234 g/mol. The van der Waals surface area contributed by atoms with Crippen molar-refractivity contribution in [2.24, 2.45) is 5.73 Å². The second-order valence-corrected chi connectivity index (χ2v) is 4.33. The Balaban J connectivity index is 2.34. The molecule has 0 atom stereocenters. The lowest BCUT2D eigenvalue weighted by molar-refractivity contribution is 0.539. The molecule has 1 heterocycles. The van der Waals surface area contributed by atoms with Crippen LogP contribution in [0.25, 0.3) is 11.5 Å². The number of hydrogen-bond donors (Lipinski definition) is 1. The predicted molar refractivity (Wildman–Crippen MR) is 66.3 cm³/mol. The van der Waals surface area contributed by atoms with Gasteiger partial charge < -0.3 is 10.2 Å². The van der Waals surface area contributed by atoms with Crippen LogP contribution >= 0.6 is 11.8 Å². The predicted octanol–water partition coefficient (Wildman–Crippen LogP) is 2.83. The van der Waals surface area contributed by atoms with Gasteiger partial charge in [0, 0.05) is 17.0 Å². The normalized spacial score (nSPS) is 10.7. The molecule has 2 aromatic rings. The number of nitrogens with two attached hydrogens (primary N) is 1. The highest BCUT2D eigenvalue weighted by atomic mass is 32.2. The third kappa shape index (κ3) is 2.13. The van der Waals surface area contributed by atoms with Crippen molar-refractivity contribution in [2.45, 2.75) is 18.4 Å². The summed E-state index contributed by atoms with van der Waals surface area (Å²) in [5, 5.41) is 0. The number of benzene rings is 1. The lowest BCUT2D eigenvalue weighted by Crippen LogP contribution is -1.97. The zero-order valence-corrected chi connectivity index (χ0v) is 10.2. The van der Waals surface area contributed by atoms with Crippen molar-refractivity contribution in [1.29, 1.82) is 0 Å². The molecule has 0 spiro atoms. The van der Waals surface area contributed by atoms with Crippen molar-refractivity contribution in [2.75, 3.05) is 6.26 Å². The van der Waals surface area contributed by atoms with Crippen molar-refractivity contribution in [3.05, 3.63) is 35.7 Å². The highest BCUT2D eigenvalue weighted by Gasteiger charge is 2.09. The van der Waals surface area contributed by atoms with E-state index in [4.69, 9.17) is 10.2 Å². The molecule has 2 N–H and O–H groups in total. The molecular formula is C12H14N2OS.